The molecule has 0 fully saturated rings. The van der Waals surface area contributed by atoms with Gasteiger partial charge >= 0.3 is 0 Å². The van der Waals surface area contributed by atoms with Gasteiger partial charge in [-0.05, 0) is 67.6 Å². The van der Waals surface area contributed by atoms with E-state index < -0.39 is 0 Å². The molecule has 118 valence electrons. The SMILES string of the molecule is CCCOc1ccc(CC(CN)c2ccc(C)c(C)c2)cc1. The minimum absolute atomic E-state index is 0.363. The highest BCUT2D eigenvalue weighted by Gasteiger charge is 2.11. The molecule has 0 spiro atoms. The van der Waals surface area contributed by atoms with E-state index >= 15 is 0 Å². The Morgan fingerprint density at radius 3 is 2.32 bits per heavy atom. The number of hydrogen-bond acceptors (Lipinski definition) is 2. The largest absolute Gasteiger partial charge is 0.494 e. The van der Waals surface area contributed by atoms with Gasteiger partial charge in [-0.1, -0.05) is 37.3 Å². The van der Waals surface area contributed by atoms with Crippen molar-refractivity contribution >= 4 is 0 Å². The summed E-state index contributed by atoms with van der Waals surface area (Å²) in [5.74, 6) is 1.31. The van der Waals surface area contributed by atoms with Crippen LogP contribution in [0.25, 0.3) is 0 Å². The normalized spacial score (nSPS) is 12.2. The van der Waals surface area contributed by atoms with Gasteiger partial charge in [0, 0.05) is 5.92 Å². The second-order valence-corrected chi connectivity index (χ2v) is 5.97. The Hall–Kier alpha value is -1.80. The van der Waals surface area contributed by atoms with E-state index in [2.05, 4.69) is 63.2 Å². The maximum Gasteiger partial charge on any atom is 0.119 e. The summed E-state index contributed by atoms with van der Waals surface area (Å²) in [4.78, 5) is 0. The molecule has 2 N–H and O–H groups in total. The Bertz CT molecular complexity index is 589. The summed E-state index contributed by atoms with van der Waals surface area (Å²) in [6, 6.07) is 15.1. The van der Waals surface area contributed by atoms with Crippen LogP contribution >= 0.6 is 0 Å². The predicted molar refractivity (Wildman–Crippen MR) is 93.6 cm³/mol. The summed E-state index contributed by atoms with van der Waals surface area (Å²) < 4.78 is 5.63. The third-order valence-corrected chi connectivity index (χ3v) is 4.17. The van der Waals surface area contributed by atoms with Crippen LogP contribution in [0.4, 0.5) is 0 Å². The van der Waals surface area contributed by atoms with Gasteiger partial charge in [0.25, 0.3) is 0 Å². The van der Waals surface area contributed by atoms with Gasteiger partial charge in [-0.25, -0.2) is 0 Å². The molecule has 0 aliphatic carbocycles. The fourth-order valence-corrected chi connectivity index (χ4v) is 2.58. The Balaban J connectivity index is 2.07. The van der Waals surface area contributed by atoms with Gasteiger partial charge in [-0.15, -0.1) is 0 Å². The average molecular weight is 297 g/mol. The van der Waals surface area contributed by atoms with Gasteiger partial charge in [-0.3, -0.25) is 0 Å². The smallest absolute Gasteiger partial charge is 0.119 e. The minimum atomic E-state index is 0.363. The first-order valence-corrected chi connectivity index (χ1v) is 8.13. The number of hydrogen-bond donors (Lipinski definition) is 1. The van der Waals surface area contributed by atoms with Crippen LogP contribution in [0.5, 0.6) is 5.75 Å². The van der Waals surface area contributed by atoms with Crippen molar-refractivity contribution in [3.63, 3.8) is 0 Å². The lowest BCUT2D eigenvalue weighted by molar-refractivity contribution is 0.317. The lowest BCUT2D eigenvalue weighted by atomic mass is 9.90. The topological polar surface area (TPSA) is 35.2 Å². The van der Waals surface area contributed by atoms with Crippen LogP contribution in [-0.2, 0) is 6.42 Å². The van der Waals surface area contributed by atoms with Crippen LogP contribution < -0.4 is 10.5 Å². The molecule has 0 bridgehead atoms. The average Bonchev–Trinajstić information content (AvgIpc) is 2.54. The van der Waals surface area contributed by atoms with Crippen molar-refractivity contribution in [2.45, 2.75) is 39.5 Å². The van der Waals surface area contributed by atoms with Gasteiger partial charge < -0.3 is 10.5 Å². The molecule has 0 amide bonds. The molecule has 0 aliphatic rings. The highest BCUT2D eigenvalue weighted by molar-refractivity contribution is 5.34. The van der Waals surface area contributed by atoms with Gasteiger partial charge in [0.05, 0.1) is 6.61 Å². The van der Waals surface area contributed by atoms with Gasteiger partial charge in [0.15, 0.2) is 0 Å². The highest BCUT2D eigenvalue weighted by atomic mass is 16.5. The molecule has 2 rings (SSSR count). The van der Waals surface area contributed by atoms with Crippen LogP contribution in [0.3, 0.4) is 0 Å². The van der Waals surface area contributed by atoms with Crippen molar-refractivity contribution in [2.75, 3.05) is 13.2 Å². The molecular weight excluding hydrogens is 270 g/mol. The van der Waals surface area contributed by atoms with E-state index in [1.807, 2.05) is 0 Å². The lowest BCUT2D eigenvalue weighted by Crippen LogP contribution is -2.15. The molecule has 0 saturated heterocycles. The number of ether oxygens (including phenoxy) is 1. The van der Waals surface area contributed by atoms with Crippen molar-refractivity contribution in [1.29, 1.82) is 0 Å². The lowest BCUT2D eigenvalue weighted by Gasteiger charge is -2.17. The van der Waals surface area contributed by atoms with Crippen molar-refractivity contribution in [1.82, 2.24) is 0 Å². The quantitative estimate of drug-likeness (QED) is 0.823. The standard InChI is InChI=1S/C20H27NO/c1-4-11-22-20-9-6-17(7-10-20)13-19(14-21)18-8-5-15(2)16(3)12-18/h5-10,12,19H,4,11,13-14,21H2,1-3H3. The van der Waals surface area contributed by atoms with E-state index in [0.717, 1.165) is 25.2 Å². The first-order chi connectivity index (χ1) is 10.6. The van der Waals surface area contributed by atoms with Crippen LogP contribution in [0.2, 0.25) is 0 Å². The molecular formula is C20H27NO. The molecule has 2 aromatic carbocycles. The molecule has 2 heteroatoms. The summed E-state index contributed by atoms with van der Waals surface area (Å²) >= 11 is 0. The number of benzene rings is 2. The summed E-state index contributed by atoms with van der Waals surface area (Å²) in [6.45, 7) is 7.85. The van der Waals surface area contributed by atoms with Crippen molar-refractivity contribution in [2.24, 2.45) is 5.73 Å². The maximum atomic E-state index is 6.01. The zero-order chi connectivity index (χ0) is 15.9. The van der Waals surface area contributed by atoms with Gasteiger partial charge in [-0.2, -0.15) is 0 Å². The minimum Gasteiger partial charge on any atom is -0.494 e. The molecule has 2 nitrogen and oxygen atoms in total. The molecule has 1 unspecified atom stereocenters. The van der Waals surface area contributed by atoms with Crippen molar-refractivity contribution in [3.05, 3.63) is 64.7 Å². The summed E-state index contributed by atoms with van der Waals surface area (Å²) in [6.07, 6.45) is 2.00. The molecule has 0 aromatic heterocycles. The molecule has 0 radical (unpaired) electrons. The van der Waals surface area contributed by atoms with E-state index in [1.54, 1.807) is 0 Å². The first kappa shape index (κ1) is 16.6. The highest BCUT2D eigenvalue weighted by Crippen LogP contribution is 2.23. The molecule has 1 atom stereocenters. The Labute approximate surface area is 134 Å². The number of rotatable bonds is 7. The monoisotopic (exact) mass is 297 g/mol. The first-order valence-electron chi connectivity index (χ1n) is 8.13. The van der Waals surface area contributed by atoms with E-state index in [0.29, 0.717) is 12.5 Å². The van der Waals surface area contributed by atoms with Crippen molar-refractivity contribution in [3.8, 4) is 5.75 Å². The second kappa shape index (κ2) is 8.00. The zero-order valence-electron chi connectivity index (χ0n) is 13.9. The summed E-state index contributed by atoms with van der Waals surface area (Å²) in [7, 11) is 0. The summed E-state index contributed by atoms with van der Waals surface area (Å²) in [5, 5.41) is 0. The van der Waals surface area contributed by atoms with Gasteiger partial charge in [0.2, 0.25) is 0 Å². The number of nitrogens with two attached hydrogens (primary N) is 1. The van der Waals surface area contributed by atoms with Crippen LogP contribution in [-0.4, -0.2) is 13.2 Å². The molecule has 0 saturated carbocycles. The second-order valence-electron chi connectivity index (χ2n) is 5.97. The Morgan fingerprint density at radius 2 is 1.73 bits per heavy atom. The predicted octanol–water partition coefficient (Wildman–Crippen LogP) is 4.38. The molecule has 0 heterocycles. The van der Waals surface area contributed by atoms with E-state index in [9.17, 15) is 0 Å². The number of aryl methyl sites for hydroxylation is 2. The van der Waals surface area contributed by atoms with E-state index in [-0.39, 0.29) is 0 Å². The van der Waals surface area contributed by atoms with Crippen molar-refractivity contribution < 1.29 is 4.74 Å². The van der Waals surface area contributed by atoms with Crippen LogP contribution in [0.15, 0.2) is 42.5 Å². The third-order valence-electron chi connectivity index (χ3n) is 4.17. The third kappa shape index (κ3) is 4.35. The Kier molecular flexibility index (Phi) is 6.02. The maximum absolute atomic E-state index is 6.01. The van der Waals surface area contributed by atoms with E-state index in [1.165, 1.54) is 22.3 Å². The zero-order valence-corrected chi connectivity index (χ0v) is 13.9. The Morgan fingerprint density at radius 1 is 1.00 bits per heavy atom. The summed E-state index contributed by atoms with van der Waals surface area (Å²) in [5.41, 5.74) is 11.3. The fraction of sp³-hybridized carbons (Fsp3) is 0.400. The van der Waals surface area contributed by atoms with E-state index in [4.69, 9.17) is 10.5 Å². The van der Waals surface area contributed by atoms with Crippen LogP contribution in [0.1, 0.15) is 41.5 Å². The fourth-order valence-electron chi connectivity index (χ4n) is 2.58. The van der Waals surface area contributed by atoms with Crippen LogP contribution in [0, 0.1) is 13.8 Å². The van der Waals surface area contributed by atoms with Gasteiger partial charge in [0.1, 0.15) is 5.75 Å². The molecule has 0 aliphatic heterocycles. The molecule has 22 heavy (non-hydrogen) atoms. The molecule has 2 aromatic rings.